The lowest BCUT2D eigenvalue weighted by molar-refractivity contribution is 0.219. The number of halogens is 1. The molecule has 0 spiro atoms. The molecule has 1 nitrogen and oxygen atoms in total. The molecule has 0 saturated heterocycles. The van der Waals surface area contributed by atoms with Crippen molar-refractivity contribution in [3.63, 3.8) is 0 Å². The second kappa shape index (κ2) is 5.37. The molecule has 2 aromatic carbocycles. The summed E-state index contributed by atoms with van der Waals surface area (Å²) in [5.74, 6) is -0.284. The molecule has 20 heavy (non-hydrogen) atoms. The van der Waals surface area contributed by atoms with Crippen molar-refractivity contribution >= 4 is 0 Å². The first-order valence-corrected chi connectivity index (χ1v) is 6.83. The van der Waals surface area contributed by atoms with E-state index >= 15 is 0 Å². The van der Waals surface area contributed by atoms with Gasteiger partial charge in [-0.2, -0.15) is 0 Å². The minimum Gasteiger partial charge on any atom is -0.384 e. The van der Waals surface area contributed by atoms with Crippen LogP contribution < -0.4 is 0 Å². The largest absolute Gasteiger partial charge is 0.384 e. The molecule has 0 aliphatic heterocycles. The summed E-state index contributed by atoms with van der Waals surface area (Å²) in [6.07, 6.45) is -0.792. The van der Waals surface area contributed by atoms with E-state index in [1.807, 2.05) is 24.3 Å². The summed E-state index contributed by atoms with van der Waals surface area (Å²) in [5, 5.41) is 10.3. The van der Waals surface area contributed by atoms with Crippen molar-refractivity contribution in [3.05, 3.63) is 70.5 Å². The molecule has 0 aromatic heterocycles. The fraction of sp³-hybridized carbons (Fsp3) is 0.333. The third-order valence-corrected chi connectivity index (χ3v) is 3.60. The van der Waals surface area contributed by atoms with Gasteiger partial charge in [-0.25, -0.2) is 4.39 Å². The van der Waals surface area contributed by atoms with Crippen molar-refractivity contribution in [1.82, 2.24) is 0 Å². The van der Waals surface area contributed by atoms with Crippen LogP contribution in [-0.2, 0) is 5.41 Å². The number of rotatable bonds is 2. The predicted octanol–water partition coefficient (Wildman–Crippen LogP) is 4.51. The van der Waals surface area contributed by atoms with Crippen LogP contribution in [0.4, 0.5) is 4.39 Å². The zero-order valence-electron chi connectivity index (χ0n) is 12.4. The molecular formula is C18H21FO. The fourth-order valence-electron chi connectivity index (χ4n) is 2.14. The number of hydrogen-bond acceptors (Lipinski definition) is 1. The van der Waals surface area contributed by atoms with E-state index in [9.17, 15) is 9.50 Å². The van der Waals surface area contributed by atoms with Gasteiger partial charge in [-0.05, 0) is 40.7 Å². The number of aliphatic hydroxyl groups excluding tert-OH is 1. The summed E-state index contributed by atoms with van der Waals surface area (Å²) >= 11 is 0. The molecule has 0 heterocycles. The topological polar surface area (TPSA) is 20.2 Å². The normalized spacial score (nSPS) is 13.3. The number of hydrogen-bond donors (Lipinski definition) is 1. The Balaban J connectivity index is 2.29. The Morgan fingerprint density at radius 3 is 2.00 bits per heavy atom. The van der Waals surface area contributed by atoms with Gasteiger partial charge in [0.05, 0.1) is 0 Å². The summed E-state index contributed by atoms with van der Waals surface area (Å²) in [6.45, 7) is 8.15. The molecule has 1 N–H and O–H groups in total. The highest BCUT2D eigenvalue weighted by Gasteiger charge is 2.16. The van der Waals surface area contributed by atoms with Crippen LogP contribution in [0, 0.1) is 12.7 Å². The van der Waals surface area contributed by atoms with Crippen LogP contribution in [0.3, 0.4) is 0 Å². The van der Waals surface area contributed by atoms with E-state index in [4.69, 9.17) is 0 Å². The van der Waals surface area contributed by atoms with Crippen LogP contribution in [0.5, 0.6) is 0 Å². The molecule has 2 heteroatoms. The summed E-state index contributed by atoms with van der Waals surface area (Å²) in [5.41, 5.74) is 3.24. The number of aryl methyl sites for hydroxylation is 1. The zero-order valence-corrected chi connectivity index (χ0v) is 12.4. The highest BCUT2D eigenvalue weighted by molar-refractivity contribution is 5.35. The van der Waals surface area contributed by atoms with Gasteiger partial charge in [-0.15, -0.1) is 0 Å². The SMILES string of the molecule is Cc1ccc(C(O)c2ccc(C(C)(C)C)cc2)cc1F. The maximum atomic E-state index is 13.6. The summed E-state index contributed by atoms with van der Waals surface area (Å²) in [6, 6.07) is 12.7. The molecular weight excluding hydrogens is 251 g/mol. The van der Waals surface area contributed by atoms with E-state index in [0.29, 0.717) is 11.1 Å². The van der Waals surface area contributed by atoms with Gasteiger partial charge < -0.3 is 5.11 Å². The third-order valence-electron chi connectivity index (χ3n) is 3.60. The molecule has 0 saturated carbocycles. The van der Waals surface area contributed by atoms with Crippen LogP contribution in [-0.4, -0.2) is 5.11 Å². The van der Waals surface area contributed by atoms with E-state index < -0.39 is 6.10 Å². The lowest BCUT2D eigenvalue weighted by Crippen LogP contribution is -2.11. The Labute approximate surface area is 120 Å². The predicted molar refractivity (Wildman–Crippen MR) is 80.3 cm³/mol. The van der Waals surface area contributed by atoms with E-state index in [1.54, 1.807) is 19.1 Å². The molecule has 0 fully saturated rings. The maximum Gasteiger partial charge on any atom is 0.126 e. The van der Waals surface area contributed by atoms with Crippen LogP contribution in [0.25, 0.3) is 0 Å². The minimum atomic E-state index is -0.792. The van der Waals surface area contributed by atoms with Crippen molar-refractivity contribution in [2.75, 3.05) is 0 Å². The molecule has 0 aliphatic rings. The van der Waals surface area contributed by atoms with Gasteiger partial charge in [0.1, 0.15) is 11.9 Å². The lowest BCUT2D eigenvalue weighted by atomic mass is 9.86. The van der Waals surface area contributed by atoms with Crippen molar-refractivity contribution in [1.29, 1.82) is 0 Å². The Morgan fingerprint density at radius 1 is 0.950 bits per heavy atom. The number of aliphatic hydroxyl groups is 1. The second-order valence-corrected chi connectivity index (χ2v) is 6.28. The zero-order chi connectivity index (χ0) is 14.9. The third kappa shape index (κ3) is 3.07. The highest BCUT2D eigenvalue weighted by Crippen LogP contribution is 2.27. The molecule has 0 aliphatic carbocycles. The molecule has 2 aromatic rings. The van der Waals surface area contributed by atoms with Crippen molar-refractivity contribution < 1.29 is 9.50 Å². The Hall–Kier alpha value is -1.67. The van der Waals surface area contributed by atoms with E-state index in [-0.39, 0.29) is 11.2 Å². The second-order valence-electron chi connectivity index (χ2n) is 6.28. The molecule has 1 unspecified atom stereocenters. The fourth-order valence-corrected chi connectivity index (χ4v) is 2.14. The first kappa shape index (κ1) is 14.7. The first-order valence-electron chi connectivity index (χ1n) is 6.83. The molecule has 0 bridgehead atoms. The maximum absolute atomic E-state index is 13.6. The van der Waals surface area contributed by atoms with Crippen LogP contribution in [0.15, 0.2) is 42.5 Å². The van der Waals surface area contributed by atoms with Gasteiger partial charge in [0, 0.05) is 0 Å². The summed E-state index contributed by atoms with van der Waals surface area (Å²) in [4.78, 5) is 0. The summed E-state index contributed by atoms with van der Waals surface area (Å²) in [7, 11) is 0. The van der Waals surface area contributed by atoms with E-state index in [2.05, 4.69) is 20.8 Å². The standard InChI is InChI=1S/C18H21FO/c1-12-5-6-14(11-16(12)19)17(20)13-7-9-15(10-8-13)18(2,3)4/h5-11,17,20H,1-4H3. The van der Waals surface area contributed by atoms with Gasteiger partial charge >= 0.3 is 0 Å². The van der Waals surface area contributed by atoms with Gasteiger partial charge in [-0.3, -0.25) is 0 Å². The Bertz CT molecular complexity index is 594. The molecule has 0 amide bonds. The Kier molecular flexibility index (Phi) is 3.96. The van der Waals surface area contributed by atoms with E-state index in [1.165, 1.54) is 11.6 Å². The summed E-state index contributed by atoms with van der Waals surface area (Å²) < 4.78 is 13.6. The van der Waals surface area contributed by atoms with Crippen molar-refractivity contribution in [2.24, 2.45) is 0 Å². The van der Waals surface area contributed by atoms with Crippen molar-refractivity contribution in [2.45, 2.75) is 39.2 Å². The van der Waals surface area contributed by atoms with Crippen LogP contribution >= 0.6 is 0 Å². The van der Waals surface area contributed by atoms with Gasteiger partial charge in [-0.1, -0.05) is 57.2 Å². The smallest absolute Gasteiger partial charge is 0.126 e. The average Bonchev–Trinajstić information content (AvgIpc) is 2.40. The molecule has 106 valence electrons. The number of benzene rings is 2. The monoisotopic (exact) mass is 272 g/mol. The van der Waals surface area contributed by atoms with Crippen molar-refractivity contribution in [3.8, 4) is 0 Å². The highest BCUT2D eigenvalue weighted by atomic mass is 19.1. The Morgan fingerprint density at radius 2 is 1.50 bits per heavy atom. The van der Waals surface area contributed by atoms with Crippen LogP contribution in [0.1, 0.15) is 49.1 Å². The van der Waals surface area contributed by atoms with E-state index in [0.717, 1.165) is 5.56 Å². The first-order chi connectivity index (χ1) is 9.29. The minimum absolute atomic E-state index is 0.0828. The average molecular weight is 272 g/mol. The molecule has 0 radical (unpaired) electrons. The molecule has 2 rings (SSSR count). The van der Waals surface area contributed by atoms with Gasteiger partial charge in [0.15, 0.2) is 0 Å². The van der Waals surface area contributed by atoms with Gasteiger partial charge in [0.2, 0.25) is 0 Å². The van der Waals surface area contributed by atoms with Crippen LogP contribution in [0.2, 0.25) is 0 Å². The van der Waals surface area contributed by atoms with Gasteiger partial charge in [0.25, 0.3) is 0 Å². The lowest BCUT2D eigenvalue weighted by Gasteiger charge is -2.20. The molecule has 1 atom stereocenters. The quantitative estimate of drug-likeness (QED) is 0.852.